The van der Waals surface area contributed by atoms with E-state index in [1.165, 1.54) is 0 Å². The van der Waals surface area contributed by atoms with Crippen LogP contribution in [-0.2, 0) is 24.7 Å². The standard InChI is InChI=1S/C38H53O9P/c1-8-9-10-14-21-41-31-24-44-35-22-28(37(2,3)4)17-19-33(35)42-26-32(47-48(39,40)46-30-15-12-11-13-16-30)27-43-34-20-18-29(38(5,6)7)23-36(34)45-25-31/h11-13,15-20,22-23,31-32H,8-10,14,21,24-27H2,1-7H3,(H,39,40). The van der Waals surface area contributed by atoms with Gasteiger partial charge in [0.15, 0.2) is 23.0 Å². The minimum atomic E-state index is -4.57. The molecule has 48 heavy (non-hydrogen) atoms. The third kappa shape index (κ3) is 11.7. The smallest absolute Gasteiger partial charge is 0.487 e. The minimum absolute atomic E-state index is 0.123. The van der Waals surface area contributed by atoms with E-state index in [9.17, 15) is 9.46 Å². The number of hydrogen-bond donors (Lipinski definition) is 1. The Kier molecular flexibility index (Phi) is 13.3. The monoisotopic (exact) mass is 684 g/mol. The van der Waals surface area contributed by atoms with E-state index in [0.29, 0.717) is 29.6 Å². The molecule has 1 atom stereocenters. The first kappa shape index (κ1) is 37.6. The maximum absolute atomic E-state index is 13.1. The van der Waals surface area contributed by atoms with Crippen molar-refractivity contribution in [3.63, 3.8) is 0 Å². The average Bonchev–Trinajstić information content (AvgIpc) is 3.02. The fourth-order valence-corrected chi connectivity index (χ4v) is 5.93. The van der Waals surface area contributed by atoms with E-state index < -0.39 is 13.9 Å². The van der Waals surface area contributed by atoms with Crippen molar-refractivity contribution in [3.05, 3.63) is 77.9 Å². The van der Waals surface area contributed by atoms with Gasteiger partial charge in [-0.15, -0.1) is 0 Å². The third-order valence-electron chi connectivity index (χ3n) is 7.92. The SMILES string of the molecule is CCCCCCOC1COc2cc(C(C)(C)C)ccc2OCC(OP(=O)(O)Oc2ccccc2)COc2ccc(C(C)(C)C)cc2OC1. The van der Waals surface area contributed by atoms with Crippen molar-refractivity contribution >= 4 is 7.82 Å². The summed E-state index contributed by atoms with van der Waals surface area (Å²) in [5.74, 6) is 2.19. The van der Waals surface area contributed by atoms with Crippen LogP contribution in [0.4, 0.5) is 0 Å². The number of unbranched alkanes of at least 4 members (excludes halogenated alkanes) is 3. The number of ether oxygens (including phenoxy) is 5. The lowest BCUT2D eigenvalue weighted by atomic mass is 9.87. The molecule has 1 aliphatic heterocycles. The fourth-order valence-electron chi connectivity index (χ4n) is 5.00. The lowest BCUT2D eigenvalue weighted by molar-refractivity contribution is -0.0114. The number of hydrogen-bond acceptors (Lipinski definition) is 8. The first-order chi connectivity index (χ1) is 22.7. The highest BCUT2D eigenvalue weighted by atomic mass is 31.2. The summed E-state index contributed by atoms with van der Waals surface area (Å²) in [7, 11) is -4.57. The van der Waals surface area contributed by atoms with Crippen LogP contribution < -0.4 is 23.5 Å². The molecule has 10 heteroatoms. The Morgan fingerprint density at radius 1 is 0.688 bits per heavy atom. The van der Waals surface area contributed by atoms with Crippen LogP contribution in [0.3, 0.4) is 0 Å². The van der Waals surface area contributed by atoms with E-state index in [2.05, 4.69) is 48.5 Å². The van der Waals surface area contributed by atoms with E-state index in [4.69, 9.17) is 32.7 Å². The van der Waals surface area contributed by atoms with Crippen molar-refractivity contribution < 1.29 is 42.2 Å². The van der Waals surface area contributed by atoms with Gasteiger partial charge in [0, 0.05) is 6.61 Å². The summed E-state index contributed by atoms with van der Waals surface area (Å²) in [6, 6.07) is 20.0. The molecule has 0 bridgehead atoms. The minimum Gasteiger partial charge on any atom is -0.487 e. The summed E-state index contributed by atoms with van der Waals surface area (Å²) in [5, 5.41) is 0. The largest absolute Gasteiger partial charge is 0.527 e. The van der Waals surface area contributed by atoms with Crippen molar-refractivity contribution in [2.75, 3.05) is 33.0 Å². The second kappa shape index (κ2) is 16.9. The van der Waals surface area contributed by atoms with Gasteiger partial charge in [0.2, 0.25) is 0 Å². The van der Waals surface area contributed by atoms with E-state index >= 15 is 0 Å². The average molecular weight is 685 g/mol. The summed E-state index contributed by atoms with van der Waals surface area (Å²) in [4.78, 5) is 10.7. The molecule has 3 aromatic rings. The van der Waals surface area contributed by atoms with Gasteiger partial charge in [-0.3, -0.25) is 9.42 Å². The van der Waals surface area contributed by atoms with Crippen molar-refractivity contribution in [1.29, 1.82) is 0 Å². The van der Waals surface area contributed by atoms with Crippen molar-refractivity contribution in [2.24, 2.45) is 0 Å². The quantitative estimate of drug-likeness (QED) is 0.166. The summed E-state index contributed by atoms with van der Waals surface area (Å²) in [5.41, 5.74) is 1.86. The Morgan fingerprint density at radius 3 is 1.69 bits per heavy atom. The first-order valence-electron chi connectivity index (χ1n) is 16.9. The molecule has 0 amide bonds. The van der Waals surface area contributed by atoms with E-state index in [1.807, 2.05) is 36.4 Å². The van der Waals surface area contributed by atoms with Gasteiger partial charge in [-0.2, -0.15) is 0 Å². The zero-order valence-electron chi connectivity index (χ0n) is 29.5. The van der Waals surface area contributed by atoms with Crippen molar-refractivity contribution in [2.45, 2.75) is 97.2 Å². The van der Waals surface area contributed by atoms with Crippen LogP contribution in [-0.4, -0.2) is 50.1 Å². The van der Waals surface area contributed by atoms with Crippen LogP contribution in [0.2, 0.25) is 0 Å². The topological polar surface area (TPSA) is 102 Å². The number of benzene rings is 3. The number of para-hydroxylation sites is 1. The molecule has 0 aliphatic carbocycles. The van der Waals surface area contributed by atoms with Gasteiger partial charge in [0.1, 0.15) is 44.4 Å². The molecule has 4 rings (SSSR count). The molecule has 0 saturated carbocycles. The highest BCUT2D eigenvalue weighted by molar-refractivity contribution is 7.47. The van der Waals surface area contributed by atoms with Gasteiger partial charge in [-0.05, 0) is 64.8 Å². The predicted molar refractivity (Wildman–Crippen MR) is 188 cm³/mol. The molecule has 1 heterocycles. The maximum atomic E-state index is 13.1. The third-order valence-corrected chi connectivity index (χ3v) is 8.92. The van der Waals surface area contributed by atoms with Crippen LogP contribution in [0.1, 0.15) is 85.3 Å². The Hall–Kier alpha value is -3.23. The first-order valence-corrected chi connectivity index (χ1v) is 18.4. The van der Waals surface area contributed by atoms with Gasteiger partial charge in [0.25, 0.3) is 0 Å². The molecule has 0 aromatic heterocycles. The van der Waals surface area contributed by atoms with E-state index in [1.54, 1.807) is 30.3 Å². The molecule has 3 aromatic carbocycles. The lowest BCUT2D eigenvalue weighted by Crippen LogP contribution is -2.31. The number of rotatable bonds is 10. The van der Waals surface area contributed by atoms with Gasteiger partial charge in [-0.25, -0.2) is 4.57 Å². The number of fused-ring (bicyclic) bond motifs is 2. The van der Waals surface area contributed by atoms with Crippen LogP contribution in [0.5, 0.6) is 28.7 Å². The van der Waals surface area contributed by atoms with Crippen LogP contribution >= 0.6 is 7.82 Å². The molecule has 1 N–H and O–H groups in total. The molecular weight excluding hydrogens is 631 g/mol. The van der Waals surface area contributed by atoms with Crippen molar-refractivity contribution in [1.82, 2.24) is 0 Å². The van der Waals surface area contributed by atoms with Crippen LogP contribution in [0.25, 0.3) is 0 Å². The fraction of sp³-hybridized carbons (Fsp3) is 0.526. The van der Waals surface area contributed by atoms with Gasteiger partial charge in [0.05, 0.1) is 0 Å². The molecule has 1 aliphatic rings. The van der Waals surface area contributed by atoms with E-state index in [-0.39, 0.29) is 49.1 Å². The second-order valence-corrected chi connectivity index (χ2v) is 15.6. The highest BCUT2D eigenvalue weighted by Crippen LogP contribution is 2.45. The molecule has 0 spiro atoms. The molecule has 0 fully saturated rings. The number of phosphoric ester groups is 1. The highest BCUT2D eigenvalue weighted by Gasteiger charge is 2.31. The Bertz CT molecular complexity index is 1410. The zero-order valence-corrected chi connectivity index (χ0v) is 30.4. The molecule has 264 valence electrons. The van der Waals surface area contributed by atoms with Crippen LogP contribution in [0.15, 0.2) is 66.7 Å². The van der Waals surface area contributed by atoms with Gasteiger partial charge in [-0.1, -0.05) is 98.1 Å². The Morgan fingerprint density at radius 2 is 1.19 bits per heavy atom. The summed E-state index contributed by atoms with van der Waals surface area (Å²) in [6.07, 6.45) is 3.00. The molecular formula is C38H53O9P. The summed E-state index contributed by atoms with van der Waals surface area (Å²) >= 11 is 0. The van der Waals surface area contributed by atoms with Crippen molar-refractivity contribution in [3.8, 4) is 28.7 Å². The molecule has 9 nitrogen and oxygen atoms in total. The molecule has 0 radical (unpaired) electrons. The van der Waals surface area contributed by atoms with Gasteiger partial charge >= 0.3 is 7.82 Å². The lowest BCUT2D eigenvalue weighted by Gasteiger charge is -2.27. The predicted octanol–water partition coefficient (Wildman–Crippen LogP) is 9.04. The zero-order chi connectivity index (χ0) is 34.8. The molecule has 0 saturated heterocycles. The maximum Gasteiger partial charge on any atom is 0.527 e. The number of phosphoric acid groups is 1. The summed E-state index contributed by atoms with van der Waals surface area (Å²) < 4.78 is 55.7. The Labute approximate surface area is 286 Å². The molecule has 1 unspecified atom stereocenters. The van der Waals surface area contributed by atoms with E-state index in [0.717, 1.165) is 36.8 Å². The van der Waals surface area contributed by atoms with Gasteiger partial charge < -0.3 is 28.2 Å². The second-order valence-electron chi connectivity index (χ2n) is 14.2. The van der Waals surface area contributed by atoms with Crippen LogP contribution in [0, 0.1) is 0 Å². The normalized spacial score (nSPS) is 18.8. The summed E-state index contributed by atoms with van der Waals surface area (Å²) in [6.45, 7) is 15.8. The Balaban J connectivity index is 1.66.